The second-order valence-electron chi connectivity index (χ2n) is 2.39. The molecule has 2 N–H and O–H groups in total. The Kier molecular flexibility index (Phi) is 2.62. The predicted molar refractivity (Wildman–Crippen MR) is 41.8 cm³/mol. The number of rotatable bonds is 3. The Morgan fingerprint density at radius 2 is 2.45 bits per heavy atom. The molecule has 0 radical (unpaired) electrons. The summed E-state index contributed by atoms with van der Waals surface area (Å²) in [5.74, 6) is 0. The van der Waals surface area contributed by atoms with Crippen LogP contribution in [0.15, 0.2) is 6.07 Å². The fourth-order valence-corrected chi connectivity index (χ4v) is 0.954. The molecule has 0 saturated heterocycles. The SMILES string of the molecule is COCc1cc(CN)nn1C. The predicted octanol–water partition coefficient (Wildman–Crippen LogP) is 0.0252. The van der Waals surface area contributed by atoms with Crippen molar-refractivity contribution in [2.75, 3.05) is 7.11 Å². The Hall–Kier alpha value is -0.870. The molecule has 0 aliphatic carbocycles. The summed E-state index contributed by atoms with van der Waals surface area (Å²) in [7, 11) is 3.54. The first-order valence-electron chi connectivity index (χ1n) is 3.48. The van der Waals surface area contributed by atoms with Gasteiger partial charge in [-0.15, -0.1) is 0 Å². The monoisotopic (exact) mass is 155 g/mol. The van der Waals surface area contributed by atoms with Crippen molar-refractivity contribution in [3.05, 3.63) is 17.5 Å². The minimum absolute atomic E-state index is 0.484. The minimum atomic E-state index is 0.484. The van der Waals surface area contributed by atoms with Crippen LogP contribution in [-0.4, -0.2) is 16.9 Å². The maximum Gasteiger partial charge on any atom is 0.0880 e. The molecule has 0 aromatic carbocycles. The number of nitrogens with two attached hydrogens (primary N) is 1. The van der Waals surface area contributed by atoms with E-state index < -0.39 is 0 Å². The van der Waals surface area contributed by atoms with Crippen molar-refractivity contribution in [1.29, 1.82) is 0 Å². The highest BCUT2D eigenvalue weighted by molar-refractivity contribution is 5.08. The van der Waals surface area contributed by atoms with E-state index in [1.54, 1.807) is 11.8 Å². The van der Waals surface area contributed by atoms with Gasteiger partial charge < -0.3 is 10.5 Å². The quantitative estimate of drug-likeness (QED) is 0.669. The van der Waals surface area contributed by atoms with Gasteiger partial charge in [0.1, 0.15) is 0 Å². The molecule has 1 aromatic rings. The average molecular weight is 155 g/mol. The first kappa shape index (κ1) is 8.23. The Morgan fingerprint density at radius 1 is 1.73 bits per heavy atom. The van der Waals surface area contributed by atoms with E-state index in [2.05, 4.69) is 5.10 Å². The van der Waals surface area contributed by atoms with Gasteiger partial charge in [0.05, 0.1) is 18.0 Å². The van der Waals surface area contributed by atoms with Crippen LogP contribution in [0.3, 0.4) is 0 Å². The second kappa shape index (κ2) is 3.50. The van der Waals surface area contributed by atoms with Gasteiger partial charge >= 0.3 is 0 Å². The fourth-order valence-electron chi connectivity index (χ4n) is 0.954. The summed E-state index contributed by atoms with van der Waals surface area (Å²) in [4.78, 5) is 0. The summed E-state index contributed by atoms with van der Waals surface area (Å²) in [5, 5.41) is 4.16. The standard InChI is InChI=1S/C7H13N3O/c1-10-7(5-11-2)3-6(4-8)9-10/h3H,4-5,8H2,1-2H3. The lowest BCUT2D eigenvalue weighted by Crippen LogP contribution is -2.00. The lowest BCUT2D eigenvalue weighted by molar-refractivity contribution is 0.178. The molecule has 4 heteroatoms. The van der Waals surface area contributed by atoms with Crippen LogP contribution in [0.25, 0.3) is 0 Å². The van der Waals surface area contributed by atoms with Crippen molar-refractivity contribution in [1.82, 2.24) is 9.78 Å². The number of methoxy groups -OCH3 is 1. The maximum atomic E-state index is 5.41. The van der Waals surface area contributed by atoms with Gasteiger partial charge in [-0.05, 0) is 6.07 Å². The number of ether oxygens (including phenoxy) is 1. The molecule has 0 bridgehead atoms. The largest absolute Gasteiger partial charge is 0.378 e. The van der Waals surface area contributed by atoms with E-state index in [1.165, 1.54) is 0 Å². The highest BCUT2D eigenvalue weighted by Gasteiger charge is 2.01. The van der Waals surface area contributed by atoms with Crippen LogP contribution in [-0.2, 0) is 24.9 Å². The van der Waals surface area contributed by atoms with E-state index >= 15 is 0 Å². The van der Waals surface area contributed by atoms with E-state index in [9.17, 15) is 0 Å². The second-order valence-corrected chi connectivity index (χ2v) is 2.39. The molecule has 1 heterocycles. The van der Waals surface area contributed by atoms with Crippen LogP contribution in [0.2, 0.25) is 0 Å². The zero-order chi connectivity index (χ0) is 8.27. The Balaban J connectivity index is 2.79. The van der Waals surface area contributed by atoms with Crippen molar-refractivity contribution in [3.63, 3.8) is 0 Å². The molecule has 0 aliphatic heterocycles. The van der Waals surface area contributed by atoms with Gasteiger partial charge in [0.25, 0.3) is 0 Å². The van der Waals surface area contributed by atoms with E-state index in [4.69, 9.17) is 10.5 Å². The number of hydrogen-bond acceptors (Lipinski definition) is 3. The minimum Gasteiger partial charge on any atom is -0.378 e. The molecule has 1 aromatic heterocycles. The molecule has 0 saturated carbocycles. The zero-order valence-corrected chi connectivity index (χ0v) is 6.87. The number of hydrogen-bond donors (Lipinski definition) is 1. The van der Waals surface area contributed by atoms with Gasteiger partial charge in [0.2, 0.25) is 0 Å². The van der Waals surface area contributed by atoms with Crippen molar-refractivity contribution in [3.8, 4) is 0 Å². The van der Waals surface area contributed by atoms with Crippen LogP contribution in [0.1, 0.15) is 11.4 Å². The van der Waals surface area contributed by atoms with Gasteiger partial charge in [-0.2, -0.15) is 5.10 Å². The first-order chi connectivity index (χ1) is 5.27. The average Bonchev–Trinajstić information content (AvgIpc) is 2.33. The van der Waals surface area contributed by atoms with E-state index in [0.29, 0.717) is 13.2 Å². The summed E-state index contributed by atoms with van der Waals surface area (Å²) in [5.41, 5.74) is 7.36. The summed E-state index contributed by atoms with van der Waals surface area (Å²) in [6.07, 6.45) is 0. The van der Waals surface area contributed by atoms with Gasteiger partial charge in [0.15, 0.2) is 0 Å². The lowest BCUT2D eigenvalue weighted by Gasteiger charge is -1.97. The van der Waals surface area contributed by atoms with E-state index in [1.807, 2.05) is 13.1 Å². The van der Waals surface area contributed by atoms with Crippen LogP contribution in [0, 0.1) is 0 Å². The number of aryl methyl sites for hydroxylation is 1. The summed E-state index contributed by atoms with van der Waals surface area (Å²) >= 11 is 0. The molecule has 0 fully saturated rings. The smallest absolute Gasteiger partial charge is 0.0880 e. The summed E-state index contributed by atoms with van der Waals surface area (Å²) in [6, 6.07) is 1.95. The van der Waals surface area contributed by atoms with Crippen molar-refractivity contribution in [2.24, 2.45) is 12.8 Å². The molecule has 0 aliphatic rings. The number of aromatic nitrogens is 2. The van der Waals surface area contributed by atoms with Crippen molar-refractivity contribution in [2.45, 2.75) is 13.2 Å². The van der Waals surface area contributed by atoms with Gasteiger partial charge in [-0.3, -0.25) is 4.68 Å². The molecule has 1 rings (SSSR count). The molecule has 62 valence electrons. The van der Waals surface area contributed by atoms with Crippen LogP contribution >= 0.6 is 0 Å². The van der Waals surface area contributed by atoms with Crippen molar-refractivity contribution < 1.29 is 4.74 Å². The van der Waals surface area contributed by atoms with E-state index in [-0.39, 0.29) is 0 Å². The topological polar surface area (TPSA) is 53.1 Å². The van der Waals surface area contributed by atoms with Crippen LogP contribution in [0.4, 0.5) is 0 Å². The summed E-state index contributed by atoms with van der Waals surface area (Å²) in [6.45, 7) is 1.07. The fraction of sp³-hybridized carbons (Fsp3) is 0.571. The lowest BCUT2D eigenvalue weighted by atomic mass is 10.3. The summed E-state index contributed by atoms with van der Waals surface area (Å²) < 4.78 is 6.75. The molecule has 0 spiro atoms. The molecular formula is C7H13N3O. The third-order valence-corrected chi connectivity index (χ3v) is 1.53. The van der Waals surface area contributed by atoms with Crippen LogP contribution < -0.4 is 5.73 Å². The third kappa shape index (κ3) is 1.78. The highest BCUT2D eigenvalue weighted by atomic mass is 16.5. The zero-order valence-electron chi connectivity index (χ0n) is 6.87. The highest BCUT2D eigenvalue weighted by Crippen LogP contribution is 2.02. The van der Waals surface area contributed by atoms with Gasteiger partial charge in [-0.1, -0.05) is 0 Å². The van der Waals surface area contributed by atoms with Gasteiger partial charge in [-0.25, -0.2) is 0 Å². The number of nitrogens with zero attached hydrogens (tertiary/aromatic N) is 2. The van der Waals surface area contributed by atoms with Crippen molar-refractivity contribution >= 4 is 0 Å². The molecule has 0 amide bonds. The maximum absolute atomic E-state index is 5.41. The van der Waals surface area contributed by atoms with E-state index in [0.717, 1.165) is 11.4 Å². The Labute approximate surface area is 66.0 Å². The Morgan fingerprint density at radius 3 is 2.91 bits per heavy atom. The molecule has 0 atom stereocenters. The van der Waals surface area contributed by atoms with Gasteiger partial charge in [0, 0.05) is 20.7 Å². The third-order valence-electron chi connectivity index (χ3n) is 1.53. The molecule has 4 nitrogen and oxygen atoms in total. The molecule has 0 unspecified atom stereocenters. The first-order valence-corrected chi connectivity index (χ1v) is 3.48. The molecule has 11 heavy (non-hydrogen) atoms. The van der Waals surface area contributed by atoms with Crippen LogP contribution in [0.5, 0.6) is 0 Å². The normalized spacial score (nSPS) is 10.5. The molecular weight excluding hydrogens is 142 g/mol. The Bertz CT molecular complexity index is 232.